The molecule has 0 aliphatic heterocycles. The molecule has 1 aromatic carbocycles. The predicted molar refractivity (Wildman–Crippen MR) is 80.6 cm³/mol. The van der Waals surface area contributed by atoms with Crippen LogP contribution in [-0.4, -0.2) is 11.8 Å². The number of carbonyl (C=O) groups is 2. The molecule has 1 heterocycles. The minimum absolute atomic E-state index is 0.315. The van der Waals surface area contributed by atoms with Crippen molar-refractivity contribution in [2.45, 2.75) is 13.0 Å². The summed E-state index contributed by atoms with van der Waals surface area (Å²) in [6.45, 7) is 0.330. The van der Waals surface area contributed by atoms with E-state index >= 15 is 0 Å². The summed E-state index contributed by atoms with van der Waals surface area (Å²) in [5.41, 5.74) is 2.34. The second-order valence-corrected chi connectivity index (χ2v) is 5.08. The van der Waals surface area contributed by atoms with Crippen molar-refractivity contribution in [1.29, 1.82) is 5.26 Å². The molecule has 0 unspecified atom stereocenters. The number of anilines is 1. The second-order valence-electron chi connectivity index (χ2n) is 4.30. The van der Waals surface area contributed by atoms with Gasteiger partial charge >= 0.3 is 11.8 Å². The van der Waals surface area contributed by atoms with Gasteiger partial charge in [-0.1, -0.05) is 12.1 Å². The van der Waals surface area contributed by atoms with Crippen LogP contribution in [-0.2, 0) is 22.6 Å². The highest BCUT2D eigenvalue weighted by Gasteiger charge is 2.13. The van der Waals surface area contributed by atoms with Gasteiger partial charge in [-0.2, -0.15) is 16.6 Å². The van der Waals surface area contributed by atoms with E-state index in [2.05, 4.69) is 10.6 Å². The number of benzene rings is 1. The molecule has 2 aromatic rings. The minimum atomic E-state index is -0.710. The van der Waals surface area contributed by atoms with Gasteiger partial charge < -0.3 is 10.6 Å². The monoisotopic (exact) mass is 299 g/mol. The van der Waals surface area contributed by atoms with Gasteiger partial charge in [0.05, 0.1) is 12.5 Å². The van der Waals surface area contributed by atoms with Crippen molar-refractivity contribution >= 4 is 28.8 Å². The number of thiophene rings is 1. The fraction of sp³-hybridized carbons (Fsp3) is 0.133. The molecule has 0 fully saturated rings. The van der Waals surface area contributed by atoms with Crippen LogP contribution < -0.4 is 10.6 Å². The third-order valence-electron chi connectivity index (χ3n) is 2.73. The van der Waals surface area contributed by atoms with E-state index in [9.17, 15) is 9.59 Å². The number of hydrogen-bond acceptors (Lipinski definition) is 4. The van der Waals surface area contributed by atoms with Gasteiger partial charge in [0.1, 0.15) is 0 Å². The fourth-order valence-electron chi connectivity index (χ4n) is 1.64. The van der Waals surface area contributed by atoms with Gasteiger partial charge in [0.15, 0.2) is 0 Å². The smallest absolute Gasteiger partial charge is 0.313 e. The molecule has 6 heteroatoms. The molecule has 0 saturated carbocycles. The zero-order chi connectivity index (χ0) is 15.1. The van der Waals surface area contributed by atoms with Gasteiger partial charge in [-0.3, -0.25) is 9.59 Å². The maximum Gasteiger partial charge on any atom is 0.313 e. The molecule has 5 nitrogen and oxygen atoms in total. The summed E-state index contributed by atoms with van der Waals surface area (Å²) >= 11 is 1.53. The predicted octanol–water partition coefficient (Wildman–Crippen LogP) is 2.07. The molecule has 1 aromatic heterocycles. The summed E-state index contributed by atoms with van der Waals surface area (Å²) in [7, 11) is 0. The number of nitrogens with zero attached hydrogens (tertiary/aromatic N) is 1. The molecule has 0 saturated heterocycles. The number of amides is 2. The molecule has 0 radical (unpaired) electrons. The van der Waals surface area contributed by atoms with E-state index in [0.717, 1.165) is 11.1 Å². The Labute approximate surface area is 126 Å². The van der Waals surface area contributed by atoms with E-state index in [0.29, 0.717) is 18.7 Å². The Hall–Kier alpha value is -2.65. The van der Waals surface area contributed by atoms with E-state index in [1.807, 2.05) is 22.9 Å². The Morgan fingerprint density at radius 3 is 2.48 bits per heavy atom. The highest BCUT2D eigenvalue weighted by atomic mass is 32.1. The van der Waals surface area contributed by atoms with Crippen molar-refractivity contribution in [1.82, 2.24) is 5.32 Å². The van der Waals surface area contributed by atoms with Crippen LogP contribution in [0.5, 0.6) is 0 Å². The van der Waals surface area contributed by atoms with Crippen LogP contribution >= 0.6 is 11.3 Å². The molecule has 2 amide bonds. The largest absolute Gasteiger partial charge is 0.344 e. The number of hydrogen-bond donors (Lipinski definition) is 2. The van der Waals surface area contributed by atoms with E-state index < -0.39 is 11.8 Å². The maximum atomic E-state index is 11.7. The van der Waals surface area contributed by atoms with E-state index in [1.54, 1.807) is 24.3 Å². The molecule has 106 valence electrons. The second kappa shape index (κ2) is 7.22. The molecule has 0 bridgehead atoms. The molecule has 0 aliphatic carbocycles. The number of rotatable bonds is 4. The summed E-state index contributed by atoms with van der Waals surface area (Å²) in [6, 6.07) is 10.7. The van der Waals surface area contributed by atoms with Crippen LogP contribution in [0.4, 0.5) is 5.69 Å². The lowest BCUT2D eigenvalue weighted by molar-refractivity contribution is -0.136. The quantitative estimate of drug-likeness (QED) is 0.848. The zero-order valence-corrected chi connectivity index (χ0v) is 11.9. The highest BCUT2D eigenvalue weighted by molar-refractivity contribution is 7.07. The third kappa shape index (κ3) is 4.44. The number of nitrogens with one attached hydrogen (secondary N) is 2. The number of nitriles is 1. The molecule has 0 aliphatic rings. The van der Waals surface area contributed by atoms with E-state index in [4.69, 9.17) is 5.26 Å². The van der Waals surface area contributed by atoms with Crippen LogP contribution in [0.25, 0.3) is 0 Å². The van der Waals surface area contributed by atoms with E-state index in [-0.39, 0.29) is 0 Å². The lowest BCUT2D eigenvalue weighted by atomic mass is 10.1. The molecular weight excluding hydrogens is 286 g/mol. The Morgan fingerprint density at radius 2 is 1.86 bits per heavy atom. The molecule has 0 atom stereocenters. The van der Waals surface area contributed by atoms with Gasteiger partial charge in [-0.05, 0) is 40.1 Å². The summed E-state index contributed by atoms with van der Waals surface area (Å²) in [5, 5.41) is 17.4. The first-order valence-corrected chi connectivity index (χ1v) is 7.19. The average Bonchev–Trinajstić information content (AvgIpc) is 3.00. The van der Waals surface area contributed by atoms with Crippen LogP contribution in [0.1, 0.15) is 11.1 Å². The molecule has 21 heavy (non-hydrogen) atoms. The van der Waals surface area contributed by atoms with Gasteiger partial charge in [0, 0.05) is 12.2 Å². The maximum absolute atomic E-state index is 11.7. The van der Waals surface area contributed by atoms with Crippen molar-refractivity contribution in [2.24, 2.45) is 0 Å². The number of carbonyl (C=O) groups excluding carboxylic acids is 2. The molecule has 0 spiro atoms. The third-order valence-corrected chi connectivity index (χ3v) is 3.47. The van der Waals surface area contributed by atoms with Crippen molar-refractivity contribution in [3.63, 3.8) is 0 Å². The van der Waals surface area contributed by atoms with Gasteiger partial charge in [0.25, 0.3) is 0 Å². The van der Waals surface area contributed by atoms with Crippen molar-refractivity contribution in [3.05, 3.63) is 52.2 Å². The molecule has 2 rings (SSSR count). The summed E-state index contributed by atoms with van der Waals surface area (Å²) in [5.74, 6) is -1.39. The first-order chi connectivity index (χ1) is 10.2. The van der Waals surface area contributed by atoms with E-state index in [1.165, 1.54) is 11.3 Å². The summed E-state index contributed by atoms with van der Waals surface area (Å²) in [4.78, 5) is 23.4. The van der Waals surface area contributed by atoms with Crippen LogP contribution in [0.3, 0.4) is 0 Å². The molecular formula is C15H13N3O2S. The van der Waals surface area contributed by atoms with Crippen LogP contribution in [0.15, 0.2) is 41.1 Å². The Morgan fingerprint density at radius 1 is 1.10 bits per heavy atom. The van der Waals surface area contributed by atoms with Crippen molar-refractivity contribution in [2.75, 3.05) is 5.32 Å². The SMILES string of the molecule is N#CCc1ccc(NC(=O)C(=O)NCc2ccsc2)cc1. The Balaban J connectivity index is 1.85. The zero-order valence-electron chi connectivity index (χ0n) is 11.1. The van der Waals surface area contributed by atoms with Gasteiger partial charge in [-0.25, -0.2) is 0 Å². The first-order valence-electron chi connectivity index (χ1n) is 6.25. The summed E-state index contributed by atoms with van der Waals surface area (Å²) < 4.78 is 0. The van der Waals surface area contributed by atoms with Gasteiger partial charge in [-0.15, -0.1) is 0 Å². The first kappa shape index (κ1) is 14.8. The molecule has 2 N–H and O–H groups in total. The topological polar surface area (TPSA) is 82.0 Å². The van der Waals surface area contributed by atoms with Crippen molar-refractivity contribution in [3.8, 4) is 6.07 Å². The van der Waals surface area contributed by atoms with Crippen molar-refractivity contribution < 1.29 is 9.59 Å². The normalized spacial score (nSPS) is 9.67. The average molecular weight is 299 g/mol. The lowest BCUT2D eigenvalue weighted by Crippen LogP contribution is -2.34. The highest BCUT2D eigenvalue weighted by Crippen LogP contribution is 2.10. The van der Waals surface area contributed by atoms with Crippen LogP contribution in [0.2, 0.25) is 0 Å². The summed E-state index contributed by atoms with van der Waals surface area (Å²) in [6.07, 6.45) is 0.315. The Kier molecular flexibility index (Phi) is 5.07. The van der Waals surface area contributed by atoms with Gasteiger partial charge in [0.2, 0.25) is 0 Å². The Bertz CT molecular complexity index is 657. The fourth-order valence-corrected chi connectivity index (χ4v) is 2.31. The lowest BCUT2D eigenvalue weighted by Gasteiger charge is -2.06. The standard InChI is InChI=1S/C15H13N3O2S/c16-7-5-11-1-3-13(4-2-11)18-15(20)14(19)17-9-12-6-8-21-10-12/h1-4,6,8,10H,5,9H2,(H,17,19)(H,18,20). The van der Waals surface area contributed by atoms with Crippen LogP contribution in [0, 0.1) is 11.3 Å². The minimum Gasteiger partial charge on any atom is -0.344 e.